The van der Waals surface area contributed by atoms with Gasteiger partial charge < -0.3 is 25.2 Å². The van der Waals surface area contributed by atoms with E-state index in [1.54, 1.807) is 18.2 Å². The highest BCUT2D eigenvalue weighted by molar-refractivity contribution is 5.97. The van der Waals surface area contributed by atoms with Crippen LogP contribution in [0.3, 0.4) is 0 Å². The minimum atomic E-state index is 0.0375. The minimum Gasteiger partial charge on any atom is -0.490 e. The normalized spacial score (nSPS) is 22.3. The van der Waals surface area contributed by atoms with Crippen LogP contribution in [0, 0.1) is 0 Å². The zero-order chi connectivity index (χ0) is 15.2. The summed E-state index contributed by atoms with van der Waals surface area (Å²) in [6.45, 7) is 4.96. The lowest BCUT2D eigenvalue weighted by Gasteiger charge is -2.16. The monoisotopic (exact) mass is 294 g/mol. The number of amidine groups is 1. The van der Waals surface area contributed by atoms with Crippen molar-refractivity contribution in [2.75, 3.05) is 13.2 Å². The van der Waals surface area contributed by atoms with Gasteiger partial charge >= 0.3 is 0 Å². The van der Waals surface area contributed by atoms with Gasteiger partial charge in [-0.2, -0.15) is 0 Å². The van der Waals surface area contributed by atoms with Crippen LogP contribution >= 0.6 is 0 Å². The molecule has 2 atom stereocenters. The van der Waals surface area contributed by atoms with Gasteiger partial charge in [0, 0.05) is 5.56 Å². The van der Waals surface area contributed by atoms with Gasteiger partial charge in [0.25, 0.3) is 0 Å². The first kappa shape index (κ1) is 15.4. The molecule has 21 heavy (non-hydrogen) atoms. The van der Waals surface area contributed by atoms with E-state index in [4.69, 9.17) is 25.2 Å². The predicted octanol–water partition coefficient (Wildman–Crippen LogP) is 2.13. The van der Waals surface area contributed by atoms with Crippen molar-refractivity contribution in [2.24, 2.45) is 10.9 Å². The molecule has 0 radical (unpaired) electrons. The Labute approximate surface area is 124 Å². The number of ether oxygens (including phenoxy) is 3. The number of rotatable bonds is 6. The second-order valence-electron chi connectivity index (χ2n) is 5.04. The number of hydrogen-bond acceptors (Lipinski definition) is 5. The lowest BCUT2D eigenvalue weighted by Crippen LogP contribution is -2.18. The van der Waals surface area contributed by atoms with E-state index in [0.717, 1.165) is 12.8 Å². The van der Waals surface area contributed by atoms with E-state index in [-0.39, 0.29) is 11.9 Å². The highest BCUT2D eigenvalue weighted by atomic mass is 16.6. The second-order valence-corrected chi connectivity index (χ2v) is 5.04. The molecule has 1 fully saturated rings. The molecule has 2 unspecified atom stereocenters. The van der Waals surface area contributed by atoms with Crippen LogP contribution in [0.1, 0.15) is 32.3 Å². The fraction of sp³-hybridized carbons (Fsp3) is 0.533. The number of oxime groups is 1. The van der Waals surface area contributed by atoms with E-state index in [2.05, 4.69) is 12.1 Å². The summed E-state index contributed by atoms with van der Waals surface area (Å²) in [6.07, 6.45) is 2.49. The molecule has 0 aromatic heterocycles. The molecule has 6 nitrogen and oxygen atoms in total. The Kier molecular flexibility index (Phi) is 5.27. The van der Waals surface area contributed by atoms with Crippen LogP contribution in [0.15, 0.2) is 23.4 Å². The second kappa shape index (κ2) is 7.17. The van der Waals surface area contributed by atoms with E-state index in [1.807, 2.05) is 6.92 Å². The molecule has 0 bridgehead atoms. The maximum absolute atomic E-state index is 8.72. The molecule has 0 saturated carbocycles. The largest absolute Gasteiger partial charge is 0.490 e. The maximum atomic E-state index is 8.72. The summed E-state index contributed by atoms with van der Waals surface area (Å²) in [7, 11) is 0. The van der Waals surface area contributed by atoms with Gasteiger partial charge in [-0.1, -0.05) is 5.16 Å². The van der Waals surface area contributed by atoms with Crippen LogP contribution in [-0.2, 0) is 4.74 Å². The highest BCUT2D eigenvalue weighted by Crippen LogP contribution is 2.29. The summed E-state index contributed by atoms with van der Waals surface area (Å²) in [6, 6.07) is 5.19. The zero-order valence-electron chi connectivity index (χ0n) is 12.4. The molecule has 1 aliphatic rings. The highest BCUT2D eigenvalue weighted by Gasteiger charge is 2.22. The van der Waals surface area contributed by atoms with Crippen LogP contribution in [0.4, 0.5) is 0 Å². The topological polar surface area (TPSA) is 86.3 Å². The van der Waals surface area contributed by atoms with Gasteiger partial charge in [-0.15, -0.1) is 0 Å². The molecule has 3 N–H and O–H groups in total. The van der Waals surface area contributed by atoms with Gasteiger partial charge in [-0.05, 0) is 44.9 Å². The van der Waals surface area contributed by atoms with Crippen molar-refractivity contribution < 1.29 is 19.4 Å². The molecule has 0 amide bonds. The molecule has 1 aromatic rings. The molecule has 0 aliphatic carbocycles. The standard InChI is InChI=1S/C15H22N2O4/c1-3-19-14-8-11(15(16)17-18)5-7-13(14)20-9-12-6-4-10(2)21-12/h5,7-8,10,12,18H,3-4,6,9H2,1-2H3,(H2,16,17). The Bertz CT molecular complexity index is 504. The molecule has 2 rings (SSSR count). The van der Waals surface area contributed by atoms with E-state index in [1.165, 1.54) is 0 Å². The smallest absolute Gasteiger partial charge is 0.170 e. The lowest BCUT2D eigenvalue weighted by molar-refractivity contribution is 0.0258. The first-order valence-corrected chi connectivity index (χ1v) is 7.17. The van der Waals surface area contributed by atoms with Crippen molar-refractivity contribution in [1.82, 2.24) is 0 Å². The molecular formula is C15H22N2O4. The van der Waals surface area contributed by atoms with Gasteiger partial charge in [-0.25, -0.2) is 0 Å². The van der Waals surface area contributed by atoms with Gasteiger partial charge in [0.2, 0.25) is 0 Å². The SMILES string of the molecule is CCOc1cc(/C(N)=N/O)ccc1OCC1CCC(C)O1. The first-order chi connectivity index (χ1) is 10.1. The minimum absolute atomic E-state index is 0.0375. The van der Waals surface area contributed by atoms with Crippen molar-refractivity contribution in [2.45, 2.75) is 38.9 Å². The summed E-state index contributed by atoms with van der Waals surface area (Å²) in [5.74, 6) is 1.25. The number of nitrogens with two attached hydrogens (primary N) is 1. The molecule has 1 heterocycles. The summed E-state index contributed by atoms with van der Waals surface area (Å²) in [5, 5.41) is 11.7. The molecule has 116 valence electrons. The fourth-order valence-electron chi connectivity index (χ4n) is 2.30. The van der Waals surface area contributed by atoms with Gasteiger partial charge in [0.1, 0.15) is 6.61 Å². The molecule has 6 heteroatoms. The summed E-state index contributed by atoms with van der Waals surface area (Å²) in [5.41, 5.74) is 6.16. The third kappa shape index (κ3) is 4.01. The van der Waals surface area contributed by atoms with Crippen LogP contribution < -0.4 is 15.2 Å². The Morgan fingerprint density at radius 3 is 2.81 bits per heavy atom. The average Bonchev–Trinajstić information content (AvgIpc) is 2.91. The zero-order valence-corrected chi connectivity index (χ0v) is 12.4. The van der Waals surface area contributed by atoms with Crippen LogP contribution in [0.25, 0.3) is 0 Å². The van der Waals surface area contributed by atoms with E-state index >= 15 is 0 Å². The van der Waals surface area contributed by atoms with Crippen LogP contribution in [-0.4, -0.2) is 36.5 Å². The van der Waals surface area contributed by atoms with E-state index < -0.39 is 0 Å². The quantitative estimate of drug-likeness (QED) is 0.363. The Morgan fingerprint density at radius 2 is 2.19 bits per heavy atom. The Balaban J connectivity index is 2.07. The maximum Gasteiger partial charge on any atom is 0.170 e. The van der Waals surface area contributed by atoms with Crippen molar-refractivity contribution in [3.8, 4) is 11.5 Å². The van der Waals surface area contributed by atoms with E-state index in [9.17, 15) is 0 Å². The average molecular weight is 294 g/mol. The van der Waals surface area contributed by atoms with E-state index in [0.29, 0.717) is 36.4 Å². The predicted molar refractivity (Wildman–Crippen MR) is 79.2 cm³/mol. The van der Waals surface area contributed by atoms with Crippen LogP contribution in [0.2, 0.25) is 0 Å². The van der Waals surface area contributed by atoms with Crippen LogP contribution in [0.5, 0.6) is 11.5 Å². The van der Waals surface area contributed by atoms with Gasteiger partial charge in [0.05, 0.1) is 18.8 Å². The number of hydrogen-bond donors (Lipinski definition) is 2. The third-order valence-electron chi connectivity index (χ3n) is 3.39. The molecule has 1 aliphatic heterocycles. The number of benzene rings is 1. The van der Waals surface area contributed by atoms with Gasteiger partial charge in [0.15, 0.2) is 17.3 Å². The summed E-state index contributed by atoms with van der Waals surface area (Å²) >= 11 is 0. The third-order valence-corrected chi connectivity index (χ3v) is 3.39. The van der Waals surface area contributed by atoms with Crippen molar-refractivity contribution in [3.63, 3.8) is 0 Å². The van der Waals surface area contributed by atoms with Crippen molar-refractivity contribution in [3.05, 3.63) is 23.8 Å². The molecule has 0 spiro atoms. The first-order valence-electron chi connectivity index (χ1n) is 7.17. The summed E-state index contributed by atoms with van der Waals surface area (Å²) in [4.78, 5) is 0. The lowest BCUT2D eigenvalue weighted by atomic mass is 10.2. The van der Waals surface area contributed by atoms with Crippen molar-refractivity contribution in [1.29, 1.82) is 0 Å². The summed E-state index contributed by atoms with van der Waals surface area (Å²) < 4.78 is 17.1. The van der Waals surface area contributed by atoms with Gasteiger partial charge in [-0.3, -0.25) is 0 Å². The molecule has 1 aromatic carbocycles. The molecule has 1 saturated heterocycles. The fourth-order valence-corrected chi connectivity index (χ4v) is 2.30. The Morgan fingerprint density at radius 1 is 1.38 bits per heavy atom. The molecular weight excluding hydrogens is 272 g/mol. The Hall–Kier alpha value is -1.95. The number of nitrogens with zero attached hydrogens (tertiary/aromatic N) is 1. The van der Waals surface area contributed by atoms with Crippen molar-refractivity contribution >= 4 is 5.84 Å².